The molecular formula is C16H13N3O4S. The summed E-state index contributed by atoms with van der Waals surface area (Å²) in [6, 6.07) is 12.2. The first-order valence-corrected chi connectivity index (χ1v) is 8.84. The molecule has 3 aromatic rings. The van der Waals surface area contributed by atoms with Crippen molar-refractivity contribution in [2.45, 2.75) is 0 Å². The lowest BCUT2D eigenvalue weighted by molar-refractivity contribution is 0.0985. The third-order valence-electron chi connectivity index (χ3n) is 3.42. The van der Waals surface area contributed by atoms with E-state index in [1.54, 1.807) is 47.0 Å². The van der Waals surface area contributed by atoms with Crippen molar-refractivity contribution in [1.82, 2.24) is 9.12 Å². The van der Waals surface area contributed by atoms with E-state index in [-0.39, 0.29) is 12.2 Å². The molecule has 2 heterocycles. The number of nitrogens with one attached hydrogen (secondary N) is 1. The molecule has 1 aromatic carbocycles. The number of ether oxygens (including phenoxy) is 1. The zero-order valence-corrected chi connectivity index (χ0v) is 13.5. The second kappa shape index (κ2) is 5.86. The number of amides is 1. The van der Waals surface area contributed by atoms with Gasteiger partial charge in [0.2, 0.25) is 10.0 Å². The quantitative estimate of drug-likeness (QED) is 0.777. The minimum atomic E-state index is -3.68. The van der Waals surface area contributed by atoms with Gasteiger partial charge in [-0.2, -0.15) is 5.26 Å². The van der Waals surface area contributed by atoms with Crippen molar-refractivity contribution in [1.29, 1.82) is 5.26 Å². The summed E-state index contributed by atoms with van der Waals surface area (Å²) in [5, 5.41) is 9.20. The van der Waals surface area contributed by atoms with E-state index in [1.807, 2.05) is 10.8 Å². The van der Waals surface area contributed by atoms with Crippen molar-refractivity contribution in [3.63, 3.8) is 0 Å². The lowest BCUT2D eigenvalue weighted by Crippen LogP contribution is -2.29. The summed E-state index contributed by atoms with van der Waals surface area (Å²) in [6.45, 7) is -0.0871. The molecule has 8 heteroatoms. The molecule has 7 nitrogen and oxygen atoms in total. The SMILES string of the molecule is CS(=O)(=O)NC(=O)c1c2ccc(OCC#N)cc2n2ccccc12. The highest BCUT2D eigenvalue weighted by Gasteiger charge is 2.20. The van der Waals surface area contributed by atoms with Gasteiger partial charge in [0.1, 0.15) is 11.8 Å². The summed E-state index contributed by atoms with van der Waals surface area (Å²) in [4.78, 5) is 12.4. The highest BCUT2D eigenvalue weighted by atomic mass is 32.2. The van der Waals surface area contributed by atoms with Crippen LogP contribution in [0.3, 0.4) is 0 Å². The van der Waals surface area contributed by atoms with E-state index in [1.165, 1.54) is 0 Å². The zero-order valence-electron chi connectivity index (χ0n) is 12.7. The molecule has 0 unspecified atom stereocenters. The summed E-state index contributed by atoms with van der Waals surface area (Å²) in [7, 11) is -3.68. The second-order valence-corrected chi connectivity index (χ2v) is 6.91. The van der Waals surface area contributed by atoms with Crippen molar-refractivity contribution in [2.24, 2.45) is 0 Å². The fourth-order valence-electron chi connectivity index (χ4n) is 2.58. The predicted molar refractivity (Wildman–Crippen MR) is 88.3 cm³/mol. The number of pyridine rings is 1. The van der Waals surface area contributed by atoms with Crippen LogP contribution in [0, 0.1) is 11.3 Å². The molecule has 1 amide bonds. The first kappa shape index (κ1) is 15.8. The van der Waals surface area contributed by atoms with Crippen molar-refractivity contribution >= 4 is 32.4 Å². The fourth-order valence-corrected chi connectivity index (χ4v) is 3.02. The van der Waals surface area contributed by atoms with Gasteiger partial charge in [0.15, 0.2) is 6.61 Å². The number of aromatic nitrogens is 1. The van der Waals surface area contributed by atoms with E-state index in [4.69, 9.17) is 10.00 Å². The third kappa shape index (κ3) is 2.89. The van der Waals surface area contributed by atoms with Crippen LogP contribution in [0.5, 0.6) is 5.75 Å². The number of sulfonamides is 1. The highest BCUT2D eigenvalue weighted by Crippen LogP contribution is 2.29. The molecule has 3 rings (SSSR count). The molecule has 0 aliphatic rings. The number of fused-ring (bicyclic) bond motifs is 3. The van der Waals surface area contributed by atoms with E-state index in [0.717, 1.165) is 6.26 Å². The predicted octanol–water partition coefficient (Wildman–Crippen LogP) is 1.68. The zero-order chi connectivity index (χ0) is 17.3. The van der Waals surface area contributed by atoms with Crippen LogP contribution in [-0.2, 0) is 10.0 Å². The molecule has 24 heavy (non-hydrogen) atoms. The number of carbonyl (C=O) groups excluding carboxylic acids is 1. The first-order valence-electron chi connectivity index (χ1n) is 6.95. The molecule has 122 valence electrons. The van der Waals surface area contributed by atoms with Gasteiger partial charge in [0, 0.05) is 17.6 Å². The Morgan fingerprint density at radius 1 is 1.29 bits per heavy atom. The van der Waals surface area contributed by atoms with E-state index in [9.17, 15) is 13.2 Å². The fraction of sp³-hybridized carbons (Fsp3) is 0.125. The smallest absolute Gasteiger partial charge is 0.267 e. The van der Waals surface area contributed by atoms with Crippen molar-refractivity contribution < 1.29 is 17.9 Å². The summed E-state index contributed by atoms with van der Waals surface area (Å²) in [5.74, 6) is -0.204. The van der Waals surface area contributed by atoms with Gasteiger partial charge in [-0.15, -0.1) is 0 Å². The van der Waals surface area contributed by atoms with E-state index >= 15 is 0 Å². The van der Waals surface area contributed by atoms with Crippen LogP contribution in [0.4, 0.5) is 0 Å². The average molecular weight is 343 g/mol. The van der Waals surface area contributed by atoms with Crippen LogP contribution >= 0.6 is 0 Å². The van der Waals surface area contributed by atoms with Gasteiger partial charge >= 0.3 is 0 Å². The van der Waals surface area contributed by atoms with Gasteiger partial charge in [0.25, 0.3) is 5.91 Å². The van der Waals surface area contributed by atoms with Crippen molar-refractivity contribution in [3.05, 3.63) is 48.2 Å². The maximum atomic E-state index is 12.4. The molecule has 0 saturated heterocycles. The number of nitriles is 1. The number of nitrogens with zero attached hydrogens (tertiary/aromatic N) is 2. The lowest BCUT2D eigenvalue weighted by atomic mass is 10.1. The standard InChI is InChI=1S/C16H13N3O4S/c1-24(21,22)18-16(20)15-12-6-5-11(23-9-7-17)10-14(12)19-8-3-2-4-13(15)19/h2-6,8,10H,9H2,1H3,(H,18,20). The van der Waals surface area contributed by atoms with Gasteiger partial charge in [0.05, 0.1) is 22.9 Å². The van der Waals surface area contributed by atoms with Gasteiger partial charge in [-0.1, -0.05) is 6.07 Å². The molecule has 0 spiro atoms. The number of hydrogen-bond acceptors (Lipinski definition) is 5. The Labute approximate surface area is 138 Å². The Balaban J connectivity index is 2.24. The largest absolute Gasteiger partial charge is 0.479 e. The van der Waals surface area contributed by atoms with Crippen LogP contribution in [0.25, 0.3) is 16.4 Å². The number of carbonyl (C=O) groups is 1. The monoisotopic (exact) mass is 343 g/mol. The second-order valence-electron chi connectivity index (χ2n) is 5.16. The highest BCUT2D eigenvalue weighted by molar-refractivity contribution is 7.89. The molecule has 0 radical (unpaired) electrons. The summed E-state index contributed by atoms with van der Waals surface area (Å²) < 4.78 is 31.8. The van der Waals surface area contributed by atoms with E-state index in [0.29, 0.717) is 22.2 Å². The Hall–Kier alpha value is -3.05. The summed E-state index contributed by atoms with van der Waals surface area (Å²) >= 11 is 0. The lowest BCUT2D eigenvalue weighted by Gasteiger charge is -2.03. The minimum Gasteiger partial charge on any atom is -0.479 e. The van der Waals surface area contributed by atoms with Crippen LogP contribution in [0.1, 0.15) is 10.4 Å². The molecule has 1 N–H and O–H groups in total. The van der Waals surface area contributed by atoms with Gasteiger partial charge in [-0.25, -0.2) is 13.1 Å². The van der Waals surface area contributed by atoms with Crippen LogP contribution in [0.15, 0.2) is 42.6 Å². The van der Waals surface area contributed by atoms with Gasteiger partial charge in [-0.3, -0.25) is 4.79 Å². The van der Waals surface area contributed by atoms with Gasteiger partial charge < -0.3 is 9.14 Å². The number of benzene rings is 1. The molecule has 0 atom stereocenters. The summed E-state index contributed by atoms with van der Waals surface area (Å²) in [5.41, 5.74) is 1.52. The maximum Gasteiger partial charge on any atom is 0.267 e. The number of hydrogen-bond donors (Lipinski definition) is 1. The van der Waals surface area contributed by atoms with Crippen molar-refractivity contribution in [3.8, 4) is 11.8 Å². The van der Waals surface area contributed by atoms with Gasteiger partial charge in [-0.05, 0) is 24.3 Å². The molecule has 0 aliphatic carbocycles. The van der Waals surface area contributed by atoms with Crippen LogP contribution in [-0.4, -0.2) is 31.6 Å². The molecular weight excluding hydrogens is 330 g/mol. The van der Waals surface area contributed by atoms with Crippen LogP contribution in [0.2, 0.25) is 0 Å². The molecule has 2 aromatic heterocycles. The minimum absolute atomic E-state index is 0.0871. The molecule has 0 fully saturated rings. The van der Waals surface area contributed by atoms with E-state index in [2.05, 4.69) is 0 Å². The molecule has 0 aliphatic heterocycles. The van der Waals surface area contributed by atoms with Crippen molar-refractivity contribution in [2.75, 3.05) is 12.9 Å². The Kier molecular flexibility index (Phi) is 3.87. The maximum absolute atomic E-state index is 12.4. The molecule has 0 saturated carbocycles. The Morgan fingerprint density at radius 3 is 2.79 bits per heavy atom. The average Bonchev–Trinajstić information content (AvgIpc) is 2.85. The Morgan fingerprint density at radius 2 is 2.08 bits per heavy atom. The topological polar surface area (TPSA) is 101 Å². The number of rotatable bonds is 4. The summed E-state index contributed by atoms with van der Waals surface area (Å²) in [6.07, 6.45) is 2.70. The third-order valence-corrected chi connectivity index (χ3v) is 3.98. The first-order chi connectivity index (χ1) is 11.4. The van der Waals surface area contributed by atoms with E-state index < -0.39 is 15.9 Å². The molecule has 0 bridgehead atoms. The Bertz CT molecular complexity index is 1090. The van der Waals surface area contributed by atoms with Crippen LogP contribution < -0.4 is 9.46 Å². The normalized spacial score (nSPS) is 11.3.